The van der Waals surface area contributed by atoms with E-state index in [0.717, 1.165) is 0 Å². The third kappa shape index (κ3) is 2.17. The molecule has 1 heterocycles. The van der Waals surface area contributed by atoms with E-state index < -0.39 is 7.29 Å². The van der Waals surface area contributed by atoms with Crippen molar-refractivity contribution < 1.29 is 14.1 Å². The number of rotatable bonds is 3. The van der Waals surface area contributed by atoms with Crippen molar-refractivity contribution in [2.75, 3.05) is 25.4 Å². The number of amides is 2. The number of nitrogens with zero attached hydrogens (tertiary/aromatic N) is 2. The fourth-order valence-corrected chi connectivity index (χ4v) is 5.00. The summed E-state index contributed by atoms with van der Waals surface area (Å²) in [5.74, 6) is 0. The van der Waals surface area contributed by atoms with E-state index in [1.54, 1.807) is 12.7 Å². The Balaban J connectivity index is 2.63. The van der Waals surface area contributed by atoms with Crippen LogP contribution in [0.1, 0.15) is 13.8 Å². The van der Waals surface area contributed by atoms with E-state index in [0.29, 0.717) is 11.0 Å². The molecule has 1 atom stereocenters. The van der Waals surface area contributed by atoms with Gasteiger partial charge < -0.3 is 4.74 Å². The average molecular weight is 282 g/mol. The Bertz CT molecular complexity index is 544. The fourth-order valence-electron chi connectivity index (χ4n) is 2.46. The first-order valence-corrected chi connectivity index (χ1v) is 8.29. The highest BCUT2D eigenvalue weighted by atomic mass is 31.2. The minimum Gasteiger partial charge on any atom is -0.364 e. The second kappa shape index (κ2) is 4.99. The van der Waals surface area contributed by atoms with Gasteiger partial charge in [0.1, 0.15) is 6.73 Å². The summed E-state index contributed by atoms with van der Waals surface area (Å²) in [5.41, 5.74) is 0.678. The van der Waals surface area contributed by atoms with Crippen molar-refractivity contribution in [2.24, 2.45) is 0 Å². The maximum absolute atomic E-state index is 13.0. The van der Waals surface area contributed by atoms with Gasteiger partial charge in [0, 0.05) is 19.8 Å². The number of anilines is 1. The summed E-state index contributed by atoms with van der Waals surface area (Å²) in [7, 11) is -1.34. The van der Waals surface area contributed by atoms with E-state index in [2.05, 4.69) is 0 Å². The topological polar surface area (TPSA) is 49.9 Å². The lowest BCUT2D eigenvalue weighted by Gasteiger charge is -2.42. The molecule has 0 radical (unpaired) electrons. The van der Waals surface area contributed by atoms with Gasteiger partial charge in [-0.05, 0) is 26.0 Å². The maximum atomic E-state index is 13.0. The second-order valence-corrected chi connectivity index (χ2v) is 7.61. The van der Waals surface area contributed by atoms with Crippen LogP contribution in [0.3, 0.4) is 0 Å². The number of carbonyl (C=O) groups excluding carboxylic acids is 1. The van der Waals surface area contributed by atoms with Gasteiger partial charge in [0.2, 0.25) is 7.29 Å². The number of hydrogen-bond acceptors (Lipinski definition) is 3. The molecular formula is C13H19N2O3P. The summed E-state index contributed by atoms with van der Waals surface area (Å²) in [6, 6.07) is 6.91. The summed E-state index contributed by atoms with van der Waals surface area (Å²) in [5, 5.41) is 0.709. The maximum Gasteiger partial charge on any atom is 0.332 e. The standard InChI is InChI=1S/C13H19N2O3P/c1-10(2)15-13(16)14(9-18-3)11-7-5-6-8-12(11)19(15,4)17/h5-8,10H,9H2,1-4H3. The largest absolute Gasteiger partial charge is 0.364 e. The summed E-state index contributed by atoms with van der Waals surface area (Å²) < 4.78 is 19.6. The SMILES string of the molecule is COCN1C(=O)N(C(C)C)P(C)(=O)c2ccccc21. The minimum absolute atomic E-state index is 0.129. The van der Waals surface area contributed by atoms with Crippen molar-refractivity contribution in [1.29, 1.82) is 0 Å². The molecule has 104 valence electrons. The van der Waals surface area contributed by atoms with Crippen LogP contribution in [0.4, 0.5) is 10.5 Å². The monoisotopic (exact) mass is 282 g/mol. The Morgan fingerprint density at radius 1 is 1.32 bits per heavy atom. The van der Waals surface area contributed by atoms with E-state index in [9.17, 15) is 9.36 Å². The number of fused-ring (bicyclic) bond motifs is 1. The van der Waals surface area contributed by atoms with Gasteiger partial charge in [0.15, 0.2) is 0 Å². The molecule has 0 bridgehead atoms. The molecule has 6 heteroatoms. The molecular weight excluding hydrogens is 263 g/mol. The Morgan fingerprint density at radius 3 is 2.53 bits per heavy atom. The van der Waals surface area contributed by atoms with Crippen molar-refractivity contribution in [2.45, 2.75) is 19.9 Å². The molecule has 2 rings (SSSR count). The van der Waals surface area contributed by atoms with E-state index in [1.165, 1.54) is 16.7 Å². The molecule has 1 aromatic rings. The van der Waals surface area contributed by atoms with Gasteiger partial charge in [0.25, 0.3) is 0 Å². The zero-order valence-electron chi connectivity index (χ0n) is 11.7. The highest BCUT2D eigenvalue weighted by Crippen LogP contribution is 2.52. The van der Waals surface area contributed by atoms with Gasteiger partial charge in [-0.3, -0.25) is 14.1 Å². The zero-order chi connectivity index (χ0) is 14.2. The zero-order valence-corrected chi connectivity index (χ0v) is 12.6. The molecule has 19 heavy (non-hydrogen) atoms. The van der Waals surface area contributed by atoms with Gasteiger partial charge in [-0.25, -0.2) is 4.79 Å². The van der Waals surface area contributed by atoms with Crippen LogP contribution in [-0.4, -0.2) is 37.2 Å². The Kier molecular flexibility index (Phi) is 3.70. The van der Waals surface area contributed by atoms with Crippen LogP contribution in [0.5, 0.6) is 0 Å². The van der Waals surface area contributed by atoms with Gasteiger partial charge in [-0.2, -0.15) is 0 Å². The Morgan fingerprint density at radius 2 is 1.95 bits per heavy atom. The van der Waals surface area contributed by atoms with Gasteiger partial charge in [-0.15, -0.1) is 0 Å². The van der Waals surface area contributed by atoms with E-state index in [1.807, 2.05) is 32.0 Å². The molecule has 2 amide bonds. The lowest BCUT2D eigenvalue weighted by Crippen LogP contribution is -2.52. The van der Waals surface area contributed by atoms with Crippen LogP contribution in [-0.2, 0) is 9.30 Å². The van der Waals surface area contributed by atoms with E-state index in [4.69, 9.17) is 4.74 Å². The molecule has 1 unspecified atom stereocenters. The first-order valence-electron chi connectivity index (χ1n) is 6.18. The van der Waals surface area contributed by atoms with Gasteiger partial charge >= 0.3 is 6.03 Å². The third-order valence-corrected chi connectivity index (χ3v) is 5.93. The predicted molar refractivity (Wildman–Crippen MR) is 76.3 cm³/mol. The fraction of sp³-hybridized carbons (Fsp3) is 0.462. The van der Waals surface area contributed by atoms with Crippen LogP contribution in [0.2, 0.25) is 0 Å². The van der Waals surface area contributed by atoms with Gasteiger partial charge in [0.05, 0.1) is 11.0 Å². The van der Waals surface area contributed by atoms with Crippen LogP contribution >= 0.6 is 7.29 Å². The van der Waals surface area contributed by atoms with E-state index in [-0.39, 0.29) is 18.8 Å². The highest BCUT2D eigenvalue weighted by Gasteiger charge is 2.43. The molecule has 0 saturated heterocycles. The van der Waals surface area contributed by atoms with Crippen molar-refractivity contribution in [3.05, 3.63) is 24.3 Å². The number of hydrogen-bond donors (Lipinski definition) is 0. The lowest BCUT2D eigenvalue weighted by atomic mass is 10.3. The molecule has 5 nitrogen and oxygen atoms in total. The van der Waals surface area contributed by atoms with Crippen LogP contribution in [0, 0.1) is 0 Å². The Hall–Kier alpha value is -1.32. The number of carbonyl (C=O) groups is 1. The number of para-hydroxylation sites is 1. The van der Waals surface area contributed by atoms with Crippen molar-refractivity contribution >= 4 is 24.3 Å². The number of urea groups is 1. The van der Waals surface area contributed by atoms with Crippen LogP contribution < -0.4 is 10.2 Å². The second-order valence-electron chi connectivity index (χ2n) is 4.93. The molecule has 0 aliphatic carbocycles. The van der Waals surface area contributed by atoms with Crippen molar-refractivity contribution in [3.63, 3.8) is 0 Å². The Labute approximate surface area is 113 Å². The molecule has 0 saturated carbocycles. The van der Waals surface area contributed by atoms with Crippen molar-refractivity contribution in [3.8, 4) is 0 Å². The number of benzene rings is 1. The molecule has 0 spiro atoms. The number of ether oxygens (including phenoxy) is 1. The quantitative estimate of drug-likeness (QED) is 0.800. The molecule has 1 aliphatic rings. The molecule has 0 N–H and O–H groups in total. The smallest absolute Gasteiger partial charge is 0.332 e. The molecule has 0 aromatic heterocycles. The summed E-state index contributed by atoms with van der Waals surface area (Å²) in [6.45, 7) is 5.53. The first-order chi connectivity index (χ1) is 8.91. The molecule has 1 aliphatic heterocycles. The summed E-state index contributed by atoms with van der Waals surface area (Å²) in [6.07, 6.45) is 0. The summed E-state index contributed by atoms with van der Waals surface area (Å²) in [4.78, 5) is 14.1. The minimum atomic E-state index is -2.87. The lowest BCUT2D eigenvalue weighted by molar-refractivity contribution is 0.180. The van der Waals surface area contributed by atoms with Crippen molar-refractivity contribution in [1.82, 2.24) is 4.67 Å². The van der Waals surface area contributed by atoms with Gasteiger partial charge in [-0.1, -0.05) is 12.1 Å². The summed E-state index contributed by atoms with van der Waals surface area (Å²) >= 11 is 0. The van der Waals surface area contributed by atoms with E-state index >= 15 is 0 Å². The highest BCUT2D eigenvalue weighted by molar-refractivity contribution is 7.69. The normalized spacial score (nSPS) is 22.9. The third-order valence-electron chi connectivity index (χ3n) is 3.20. The molecule has 1 aromatic carbocycles. The van der Waals surface area contributed by atoms with Crippen LogP contribution in [0.25, 0.3) is 0 Å². The van der Waals surface area contributed by atoms with Crippen LogP contribution in [0.15, 0.2) is 24.3 Å². The first kappa shape index (κ1) is 14.1. The number of methoxy groups -OCH3 is 1. The predicted octanol–water partition coefficient (Wildman–Crippen LogP) is 2.47. The molecule has 0 fully saturated rings. The average Bonchev–Trinajstić information content (AvgIpc) is 2.34.